The van der Waals surface area contributed by atoms with E-state index in [1.54, 1.807) is 18.2 Å². The maximum Gasteiger partial charge on any atom is 0.159 e. The van der Waals surface area contributed by atoms with Crippen molar-refractivity contribution in [1.29, 1.82) is 0 Å². The number of aryl methyl sites for hydroxylation is 1. The molecular weight excluding hydrogens is 183 g/mol. The van der Waals surface area contributed by atoms with Crippen molar-refractivity contribution in [2.45, 2.75) is 13.8 Å². The Labute approximate surface area is 82.7 Å². The third-order valence-corrected chi connectivity index (χ3v) is 1.92. The zero-order chi connectivity index (χ0) is 10.6. The molecule has 14 heavy (non-hydrogen) atoms. The second-order valence-corrected chi connectivity index (χ2v) is 3.07. The Kier molecular flexibility index (Phi) is 3.63. The topological polar surface area (TPSA) is 26.3 Å². The van der Waals surface area contributed by atoms with E-state index >= 15 is 0 Å². The second kappa shape index (κ2) is 4.74. The quantitative estimate of drug-likeness (QED) is 0.692. The van der Waals surface area contributed by atoms with E-state index < -0.39 is 6.67 Å². The number of Topliss-reactive ketones (excluding diaryl/α,β-unsaturated/α-hetero) is 1. The minimum Gasteiger partial charge on any atom is -0.491 e. The molecule has 0 amide bonds. The zero-order valence-electron chi connectivity index (χ0n) is 8.34. The van der Waals surface area contributed by atoms with Gasteiger partial charge in [0.05, 0.1) is 0 Å². The van der Waals surface area contributed by atoms with E-state index in [1.165, 1.54) is 6.92 Å². The molecule has 76 valence electrons. The standard InChI is InChI=1S/C11H13FO2/c1-8-7-10(9(2)13)3-4-11(8)14-6-5-12/h3-4,7H,5-6H2,1-2H3. The molecule has 0 radical (unpaired) electrons. The van der Waals surface area contributed by atoms with Crippen molar-refractivity contribution in [3.8, 4) is 5.75 Å². The summed E-state index contributed by atoms with van der Waals surface area (Å²) < 4.78 is 17.0. The van der Waals surface area contributed by atoms with Gasteiger partial charge < -0.3 is 4.74 Å². The van der Waals surface area contributed by atoms with Crippen LogP contribution in [0.4, 0.5) is 4.39 Å². The molecule has 1 aromatic rings. The molecule has 0 bridgehead atoms. The highest BCUT2D eigenvalue weighted by Gasteiger charge is 2.03. The fourth-order valence-corrected chi connectivity index (χ4v) is 1.18. The Morgan fingerprint density at radius 2 is 2.21 bits per heavy atom. The van der Waals surface area contributed by atoms with Crippen molar-refractivity contribution >= 4 is 5.78 Å². The third-order valence-electron chi connectivity index (χ3n) is 1.92. The summed E-state index contributed by atoms with van der Waals surface area (Å²) in [6, 6.07) is 5.13. The molecule has 1 aromatic carbocycles. The molecule has 0 N–H and O–H groups in total. The van der Waals surface area contributed by atoms with E-state index in [0.29, 0.717) is 11.3 Å². The maximum atomic E-state index is 11.8. The molecule has 0 saturated heterocycles. The van der Waals surface area contributed by atoms with Gasteiger partial charge in [-0.15, -0.1) is 0 Å². The van der Waals surface area contributed by atoms with Crippen LogP contribution in [0, 0.1) is 6.92 Å². The molecule has 1 rings (SSSR count). The number of ether oxygens (including phenoxy) is 1. The van der Waals surface area contributed by atoms with E-state index in [9.17, 15) is 9.18 Å². The van der Waals surface area contributed by atoms with Crippen molar-refractivity contribution in [1.82, 2.24) is 0 Å². The molecule has 2 nitrogen and oxygen atoms in total. The molecule has 0 aliphatic rings. The number of ketones is 1. The van der Waals surface area contributed by atoms with Crippen molar-refractivity contribution in [3.63, 3.8) is 0 Å². The van der Waals surface area contributed by atoms with Crippen LogP contribution in [-0.2, 0) is 0 Å². The minimum absolute atomic E-state index is 0.0186. The van der Waals surface area contributed by atoms with Crippen LogP contribution >= 0.6 is 0 Å². The van der Waals surface area contributed by atoms with Crippen molar-refractivity contribution in [2.24, 2.45) is 0 Å². The van der Waals surface area contributed by atoms with E-state index in [2.05, 4.69) is 0 Å². The number of halogens is 1. The van der Waals surface area contributed by atoms with Crippen molar-refractivity contribution < 1.29 is 13.9 Å². The Morgan fingerprint density at radius 1 is 1.50 bits per heavy atom. The first-order valence-electron chi connectivity index (χ1n) is 4.45. The highest BCUT2D eigenvalue weighted by Crippen LogP contribution is 2.19. The summed E-state index contributed by atoms with van der Waals surface area (Å²) in [5.74, 6) is 0.651. The molecule has 0 unspecified atom stereocenters. The minimum atomic E-state index is -0.506. The monoisotopic (exact) mass is 196 g/mol. The van der Waals surface area contributed by atoms with E-state index in [-0.39, 0.29) is 12.4 Å². The number of carbonyl (C=O) groups excluding carboxylic acids is 1. The van der Waals surface area contributed by atoms with E-state index in [0.717, 1.165) is 5.56 Å². The average Bonchev–Trinajstić information content (AvgIpc) is 2.15. The molecule has 3 heteroatoms. The summed E-state index contributed by atoms with van der Waals surface area (Å²) in [4.78, 5) is 11.0. The lowest BCUT2D eigenvalue weighted by Gasteiger charge is -2.07. The first kappa shape index (κ1) is 10.7. The average molecular weight is 196 g/mol. The lowest BCUT2D eigenvalue weighted by Crippen LogP contribution is -2.01. The number of rotatable bonds is 4. The fourth-order valence-electron chi connectivity index (χ4n) is 1.18. The molecule has 0 atom stereocenters. The van der Waals surface area contributed by atoms with Gasteiger partial charge >= 0.3 is 0 Å². The summed E-state index contributed by atoms with van der Waals surface area (Å²) in [5.41, 5.74) is 1.50. The molecule has 0 aromatic heterocycles. The predicted octanol–water partition coefficient (Wildman–Crippen LogP) is 2.55. The number of hydrogen-bond donors (Lipinski definition) is 0. The Bertz CT molecular complexity index is 334. The molecular formula is C11H13FO2. The Morgan fingerprint density at radius 3 is 2.71 bits per heavy atom. The van der Waals surface area contributed by atoms with Gasteiger partial charge in [0.1, 0.15) is 19.0 Å². The van der Waals surface area contributed by atoms with Crippen LogP contribution in [0.15, 0.2) is 18.2 Å². The number of carbonyl (C=O) groups is 1. The van der Waals surface area contributed by atoms with Gasteiger partial charge in [-0.2, -0.15) is 0 Å². The van der Waals surface area contributed by atoms with Crippen LogP contribution in [0.2, 0.25) is 0 Å². The van der Waals surface area contributed by atoms with Crippen molar-refractivity contribution in [3.05, 3.63) is 29.3 Å². The van der Waals surface area contributed by atoms with Gasteiger partial charge in [-0.25, -0.2) is 4.39 Å². The molecule has 0 fully saturated rings. The van der Waals surface area contributed by atoms with Gasteiger partial charge in [-0.05, 0) is 37.6 Å². The summed E-state index contributed by atoms with van der Waals surface area (Å²) in [6.07, 6.45) is 0. The second-order valence-electron chi connectivity index (χ2n) is 3.07. The van der Waals surface area contributed by atoms with Crippen LogP contribution in [0.3, 0.4) is 0 Å². The first-order valence-corrected chi connectivity index (χ1v) is 4.45. The van der Waals surface area contributed by atoms with Gasteiger partial charge in [0.25, 0.3) is 0 Å². The largest absolute Gasteiger partial charge is 0.491 e. The lowest BCUT2D eigenvalue weighted by molar-refractivity contribution is 0.101. The third kappa shape index (κ3) is 2.55. The van der Waals surface area contributed by atoms with E-state index in [4.69, 9.17) is 4.74 Å². The van der Waals surface area contributed by atoms with Gasteiger partial charge in [0, 0.05) is 5.56 Å². The van der Waals surface area contributed by atoms with E-state index in [1.807, 2.05) is 6.92 Å². The van der Waals surface area contributed by atoms with Crippen LogP contribution in [0.25, 0.3) is 0 Å². The summed E-state index contributed by atoms with van der Waals surface area (Å²) >= 11 is 0. The Hall–Kier alpha value is -1.38. The first-order chi connectivity index (χ1) is 6.65. The van der Waals surface area contributed by atoms with Crippen LogP contribution < -0.4 is 4.74 Å². The van der Waals surface area contributed by atoms with Crippen LogP contribution in [0.1, 0.15) is 22.8 Å². The smallest absolute Gasteiger partial charge is 0.159 e. The predicted molar refractivity (Wildman–Crippen MR) is 52.7 cm³/mol. The van der Waals surface area contributed by atoms with Crippen LogP contribution in [-0.4, -0.2) is 19.1 Å². The van der Waals surface area contributed by atoms with Crippen LogP contribution in [0.5, 0.6) is 5.75 Å². The fraction of sp³-hybridized carbons (Fsp3) is 0.364. The van der Waals surface area contributed by atoms with Gasteiger partial charge in [0.2, 0.25) is 0 Å². The molecule has 0 aliphatic heterocycles. The summed E-state index contributed by atoms with van der Waals surface area (Å²) in [6.45, 7) is 2.89. The molecule has 0 saturated carbocycles. The number of alkyl halides is 1. The van der Waals surface area contributed by atoms with Gasteiger partial charge in [0.15, 0.2) is 5.78 Å². The molecule has 0 heterocycles. The molecule has 0 aliphatic carbocycles. The molecule has 0 spiro atoms. The normalized spacial score (nSPS) is 9.93. The summed E-state index contributed by atoms with van der Waals surface area (Å²) in [5, 5.41) is 0. The number of hydrogen-bond acceptors (Lipinski definition) is 2. The van der Waals surface area contributed by atoms with Gasteiger partial charge in [-0.1, -0.05) is 0 Å². The highest BCUT2D eigenvalue weighted by molar-refractivity contribution is 5.94. The maximum absolute atomic E-state index is 11.8. The van der Waals surface area contributed by atoms with Crippen molar-refractivity contribution in [2.75, 3.05) is 13.3 Å². The number of benzene rings is 1. The SMILES string of the molecule is CC(=O)c1ccc(OCCF)c(C)c1. The van der Waals surface area contributed by atoms with Gasteiger partial charge in [-0.3, -0.25) is 4.79 Å². The zero-order valence-corrected chi connectivity index (χ0v) is 8.34. The highest BCUT2D eigenvalue weighted by atomic mass is 19.1. The lowest BCUT2D eigenvalue weighted by atomic mass is 10.1. The summed E-state index contributed by atoms with van der Waals surface area (Å²) in [7, 11) is 0. The Balaban J connectivity index is 2.84.